The first kappa shape index (κ1) is 12.0. The first-order valence-corrected chi connectivity index (χ1v) is 5.85. The molecule has 0 spiro atoms. The van der Waals surface area contributed by atoms with Crippen molar-refractivity contribution in [2.45, 2.75) is 45.6 Å². The zero-order valence-electron chi connectivity index (χ0n) is 11.0. The van der Waals surface area contributed by atoms with E-state index in [1.165, 1.54) is 5.56 Å². The van der Waals surface area contributed by atoms with Crippen LogP contribution in [0.2, 0.25) is 0 Å². The van der Waals surface area contributed by atoms with E-state index in [9.17, 15) is 4.79 Å². The van der Waals surface area contributed by atoms with Crippen LogP contribution in [-0.2, 0) is 10.2 Å². The van der Waals surface area contributed by atoms with Gasteiger partial charge < -0.3 is 10.1 Å². The Bertz CT molecular complexity index is 470. The van der Waals surface area contributed by atoms with Gasteiger partial charge in [0.25, 0.3) is 5.91 Å². The van der Waals surface area contributed by atoms with Crippen LogP contribution in [0.25, 0.3) is 0 Å². The second kappa shape index (κ2) is 3.49. The molecule has 1 amide bonds. The molecular weight excluding hydrogens is 214 g/mol. The molecule has 3 nitrogen and oxygen atoms in total. The van der Waals surface area contributed by atoms with E-state index < -0.39 is 5.60 Å². The van der Waals surface area contributed by atoms with Crippen molar-refractivity contribution in [3.8, 4) is 5.75 Å². The second-order valence-electron chi connectivity index (χ2n) is 6.03. The Morgan fingerprint density at radius 3 is 2.47 bits per heavy atom. The van der Waals surface area contributed by atoms with Crippen LogP contribution < -0.4 is 10.1 Å². The number of hydrogen-bond acceptors (Lipinski definition) is 2. The van der Waals surface area contributed by atoms with Crippen LogP contribution in [0.3, 0.4) is 0 Å². The molecule has 0 radical (unpaired) electrons. The van der Waals surface area contributed by atoms with Crippen LogP contribution in [-0.4, -0.2) is 11.5 Å². The lowest BCUT2D eigenvalue weighted by atomic mass is 9.86. The standard InChI is InChI=1S/C14H19NO2/c1-13(2,3)9-6-7-11-10(8-9)15-12(16)14(4,5)17-11/h6-8H,1-5H3,(H,15,16). The number of carbonyl (C=O) groups is 1. The fraction of sp³-hybridized carbons (Fsp3) is 0.500. The molecule has 1 aromatic carbocycles. The molecule has 1 aliphatic rings. The lowest BCUT2D eigenvalue weighted by Crippen LogP contribution is -2.45. The van der Waals surface area contributed by atoms with Crippen molar-refractivity contribution in [1.29, 1.82) is 0 Å². The van der Waals surface area contributed by atoms with Crippen LogP contribution in [0.4, 0.5) is 5.69 Å². The summed E-state index contributed by atoms with van der Waals surface area (Å²) in [4.78, 5) is 11.8. The summed E-state index contributed by atoms with van der Waals surface area (Å²) in [6.45, 7) is 9.96. The molecule has 1 N–H and O–H groups in total. The maximum atomic E-state index is 11.8. The monoisotopic (exact) mass is 233 g/mol. The number of rotatable bonds is 0. The van der Waals surface area contributed by atoms with Gasteiger partial charge in [-0.2, -0.15) is 0 Å². The summed E-state index contributed by atoms with van der Waals surface area (Å²) >= 11 is 0. The van der Waals surface area contributed by atoms with Crippen LogP contribution in [0.1, 0.15) is 40.2 Å². The Balaban J connectivity index is 2.43. The van der Waals surface area contributed by atoms with Crippen molar-refractivity contribution in [1.82, 2.24) is 0 Å². The molecule has 92 valence electrons. The molecule has 17 heavy (non-hydrogen) atoms. The molecule has 0 saturated heterocycles. The summed E-state index contributed by atoms with van der Waals surface area (Å²) in [5.74, 6) is 0.638. The summed E-state index contributed by atoms with van der Waals surface area (Å²) in [6.07, 6.45) is 0. The number of benzene rings is 1. The summed E-state index contributed by atoms with van der Waals surface area (Å²) in [5, 5.41) is 2.90. The fourth-order valence-corrected chi connectivity index (χ4v) is 1.78. The number of ether oxygens (including phenoxy) is 1. The van der Waals surface area contributed by atoms with Gasteiger partial charge >= 0.3 is 0 Å². The maximum Gasteiger partial charge on any atom is 0.268 e. The normalized spacial score (nSPS) is 18.1. The van der Waals surface area contributed by atoms with Gasteiger partial charge in [0.1, 0.15) is 5.75 Å². The molecule has 3 heteroatoms. The Kier molecular flexibility index (Phi) is 2.45. The Morgan fingerprint density at radius 2 is 1.88 bits per heavy atom. The third-order valence-corrected chi connectivity index (χ3v) is 3.01. The number of anilines is 1. The van der Waals surface area contributed by atoms with Gasteiger partial charge in [0.15, 0.2) is 5.60 Å². The number of fused-ring (bicyclic) bond motifs is 1. The summed E-state index contributed by atoms with van der Waals surface area (Å²) in [7, 11) is 0. The molecule has 0 fully saturated rings. The number of hydrogen-bond donors (Lipinski definition) is 1. The van der Waals surface area contributed by atoms with Crippen molar-refractivity contribution in [3.63, 3.8) is 0 Å². The van der Waals surface area contributed by atoms with E-state index in [1.54, 1.807) is 13.8 Å². The molecule has 1 aromatic rings. The largest absolute Gasteiger partial charge is 0.476 e. The smallest absolute Gasteiger partial charge is 0.268 e. The van der Waals surface area contributed by atoms with Crippen molar-refractivity contribution in [2.75, 3.05) is 5.32 Å². The van der Waals surface area contributed by atoms with Gasteiger partial charge in [-0.25, -0.2) is 0 Å². The van der Waals surface area contributed by atoms with Crippen molar-refractivity contribution in [3.05, 3.63) is 23.8 Å². The summed E-state index contributed by atoms with van der Waals surface area (Å²) in [6, 6.07) is 5.96. The minimum absolute atomic E-state index is 0.0622. The highest BCUT2D eigenvalue weighted by atomic mass is 16.5. The molecule has 0 bridgehead atoms. The van der Waals surface area contributed by atoms with Gasteiger partial charge in [0.2, 0.25) is 0 Å². The Labute approximate surface area is 102 Å². The molecule has 0 atom stereocenters. The minimum Gasteiger partial charge on any atom is -0.476 e. The highest BCUT2D eigenvalue weighted by Crippen LogP contribution is 2.36. The summed E-state index contributed by atoms with van der Waals surface area (Å²) < 4.78 is 5.69. The molecule has 1 aliphatic heterocycles. The average molecular weight is 233 g/mol. The first-order chi connectivity index (χ1) is 7.70. The number of carbonyl (C=O) groups excluding carboxylic acids is 1. The van der Waals surface area contributed by atoms with E-state index >= 15 is 0 Å². The van der Waals surface area contributed by atoms with Gasteiger partial charge in [-0.05, 0) is 37.0 Å². The number of amides is 1. The topological polar surface area (TPSA) is 38.3 Å². The zero-order chi connectivity index (χ0) is 12.8. The highest BCUT2D eigenvalue weighted by molar-refractivity contribution is 6.00. The molecule has 0 saturated carbocycles. The Morgan fingerprint density at radius 1 is 1.24 bits per heavy atom. The van der Waals surface area contributed by atoms with Crippen molar-refractivity contribution < 1.29 is 9.53 Å². The third-order valence-electron chi connectivity index (χ3n) is 3.01. The molecular formula is C14H19NO2. The van der Waals surface area contributed by atoms with E-state index in [2.05, 4.69) is 26.1 Å². The molecule has 0 aromatic heterocycles. The van der Waals surface area contributed by atoms with Crippen LogP contribution >= 0.6 is 0 Å². The van der Waals surface area contributed by atoms with Crippen LogP contribution in [0.15, 0.2) is 18.2 Å². The molecule has 0 unspecified atom stereocenters. The molecule has 0 aliphatic carbocycles. The quantitative estimate of drug-likeness (QED) is 0.747. The van der Waals surface area contributed by atoms with Gasteiger partial charge in [0, 0.05) is 0 Å². The van der Waals surface area contributed by atoms with E-state index in [-0.39, 0.29) is 11.3 Å². The first-order valence-electron chi connectivity index (χ1n) is 5.85. The van der Waals surface area contributed by atoms with Crippen molar-refractivity contribution >= 4 is 11.6 Å². The average Bonchev–Trinajstić information content (AvgIpc) is 2.17. The maximum absolute atomic E-state index is 11.8. The fourth-order valence-electron chi connectivity index (χ4n) is 1.78. The zero-order valence-corrected chi connectivity index (χ0v) is 11.0. The van der Waals surface area contributed by atoms with E-state index in [4.69, 9.17) is 4.74 Å². The second-order valence-corrected chi connectivity index (χ2v) is 6.03. The lowest BCUT2D eigenvalue weighted by molar-refractivity contribution is -0.129. The number of nitrogens with one attached hydrogen (secondary N) is 1. The third kappa shape index (κ3) is 2.14. The summed E-state index contributed by atoms with van der Waals surface area (Å²) in [5.41, 5.74) is 1.21. The SMILES string of the molecule is CC1(C)Oc2ccc(C(C)(C)C)cc2NC1=O. The highest BCUT2D eigenvalue weighted by Gasteiger charge is 2.35. The predicted octanol–water partition coefficient (Wildman–Crippen LogP) is 3.09. The minimum atomic E-state index is -0.795. The van der Waals surface area contributed by atoms with Gasteiger partial charge in [0.05, 0.1) is 5.69 Å². The predicted molar refractivity (Wildman–Crippen MR) is 68.5 cm³/mol. The van der Waals surface area contributed by atoms with Crippen molar-refractivity contribution in [2.24, 2.45) is 0 Å². The molecule has 1 heterocycles. The van der Waals surface area contributed by atoms with Crippen LogP contribution in [0.5, 0.6) is 5.75 Å². The van der Waals surface area contributed by atoms with Gasteiger partial charge in [-0.15, -0.1) is 0 Å². The van der Waals surface area contributed by atoms with E-state index in [0.717, 1.165) is 11.4 Å². The van der Waals surface area contributed by atoms with Gasteiger partial charge in [-0.1, -0.05) is 26.8 Å². The van der Waals surface area contributed by atoms with Gasteiger partial charge in [-0.3, -0.25) is 4.79 Å². The van der Waals surface area contributed by atoms with E-state index in [1.807, 2.05) is 18.2 Å². The Hall–Kier alpha value is -1.51. The van der Waals surface area contributed by atoms with Crippen LogP contribution in [0, 0.1) is 0 Å². The molecule has 2 rings (SSSR count). The van der Waals surface area contributed by atoms with E-state index in [0.29, 0.717) is 0 Å². The lowest BCUT2D eigenvalue weighted by Gasteiger charge is -2.32.